The summed E-state index contributed by atoms with van der Waals surface area (Å²) in [4.78, 5) is 19.3. The van der Waals surface area contributed by atoms with Crippen molar-refractivity contribution in [2.45, 2.75) is 83.1 Å². The molecule has 1 saturated heterocycles. The molecule has 7 heteroatoms. The predicted octanol–water partition coefficient (Wildman–Crippen LogP) is 4.53. The number of nitrogens with one attached hydrogen (secondary N) is 1. The van der Waals surface area contributed by atoms with Gasteiger partial charge in [0.1, 0.15) is 11.9 Å². The molecule has 3 aliphatic rings. The second kappa shape index (κ2) is 11.7. The van der Waals surface area contributed by atoms with E-state index in [1.807, 2.05) is 12.1 Å². The fourth-order valence-corrected chi connectivity index (χ4v) is 5.83. The van der Waals surface area contributed by atoms with E-state index in [1.165, 1.54) is 17.5 Å². The number of aryl methyl sites for hydroxylation is 2. The Bertz CT molecular complexity index is 1060. The number of carbonyl (C=O) groups is 1. The molecule has 3 aliphatic heterocycles. The summed E-state index contributed by atoms with van der Waals surface area (Å²) in [5, 5.41) is 13.6. The van der Waals surface area contributed by atoms with Crippen molar-refractivity contribution in [2.75, 3.05) is 31.6 Å². The smallest absolute Gasteiger partial charge is 0.325 e. The van der Waals surface area contributed by atoms with Gasteiger partial charge in [-0.1, -0.05) is 31.2 Å². The molecule has 0 aliphatic carbocycles. The van der Waals surface area contributed by atoms with Gasteiger partial charge < -0.3 is 19.9 Å². The van der Waals surface area contributed by atoms with E-state index in [4.69, 9.17) is 14.5 Å². The molecule has 5 rings (SSSR count). The van der Waals surface area contributed by atoms with Gasteiger partial charge in [-0.2, -0.15) is 0 Å². The summed E-state index contributed by atoms with van der Waals surface area (Å²) in [5.41, 5.74) is 5.68. The van der Waals surface area contributed by atoms with Crippen LogP contribution in [0.5, 0.6) is 0 Å². The average Bonchev–Trinajstić information content (AvgIpc) is 3.36. The van der Waals surface area contributed by atoms with Crippen molar-refractivity contribution in [2.24, 2.45) is 0 Å². The third-order valence-electron chi connectivity index (χ3n) is 7.87. The standard InChI is InChI=1S/C29H39N3O4/c1-2-23-17-26-21(19-36-23)7-5-10-25(26)27(29(33)34)32-15-13-24(18-32)35-16-4-3-9-22-12-11-20-8-6-14-30-28(20)31-22/h5,7,10-12,23-24,27H,2-4,6,8-9,13-19H2,1H3,(H,30,31)(H,33,34)/t23?,24-,27?/m1/s1. The molecule has 0 amide bonds. The number of nitrogens with zero attached hydrogens (tertiary/aromatic N) is 2. The predicted molar refractivity (Wildman–Crippen MR) is 139 cm³/mol. The Hall–Kier alpha value is -2.48. The molecule has 1 aromatic heterocycles. The lowest BCUT2D eigenvalue weighted by molar-refractivity contribution is -0.143. The van der Waals surface area contributed by atoms with Gasteiger partial charge in [0, 0.05) is 31.9 Å². The molecule has 4 heterocycles. The third kappa shape index (κ3) is 5.74. The SMILES string of the molecule is CCC1Cc2c(cccc2C(C(=O)O)N2CC[C@@H](OCCCCc3ccc4c(n3)NCCC4)C2)CO1. The largest absolute Gasteiger partial charge is 0.480 e. The first kappa shape index (κ1) is 25.2. The number of hydrogen-bond donors (Lipinski definition) is 2. The summed E-state index contributed by atoms with van der Waals surface area (Å²) in [6.45, 7) is 5.80. The van der Waals surface area contributed by atoms with Crippen molar-refractivity contribution in [1.29, 1.82) is 0 Å². The third-order valence-corrected chi connectivity index (χ3v) is 7.87. The van der Waals surface area contributed by atoms with Gasteiger partial charge in [0.25, 0.3) is 0 Å². The number of pyridine rings is 1. The molecular weight excluding hydrogens is 454 g/mol. The van der Waals surface area contributed by atoms with E-state index in [0.29, 0.717) is 19.8 Å². The molecule has 3 atom stereocenters. The van der Waals surface area contributed by atoms with E-state index in [0.717, 1.165) is 80.7 Å². The molecule has 0 radical (unpaired) electrons. The van der Waals surface area contributed by atoms with Gasteiger partial charge >= 0.3 is 5.97 Å². The van der Waals surface area contributed by atoms with Crippen LogP contribution in [0.25, 0.3) is 0 Å². The number of carboxylic acid groups (broad SMARTS) is 1. The van der Waals surface area contributed by atoms with Crippen LogP contribution >= 0.6 is 0 Å². The maximum Gasteiger partial charge on any atom is 0.325 e. The number of fused-ring (bicyclic) bond motifs is 2. The van der Waals surface area contributed by atoms with Crippen LogP contribution in [0.4, 0.5) is 5.82 Å². The van der Waals surface area contributed by atoms with Gasteiger partial charge in [0.2, 0.25) is 0 Å². The summed E-state index contributed by atoms with van der Waals surface area (Å²) in [6, 6.07) is 9.77. The minimum Gasteiger partial charge on any atom is -0.480 e. The maximum absolute atomic E-state index is 12.4. The van der Waals surface area contributed by atoms with Crippen LogP contribution < -0.4 is 5.32 Å². The quantitative estimate of drug-likeness (QED) is 0.471. The van der Waals surface area contributed by atoms with Gasteiger partial charge in [-0.15, -0.1) is 0 Å². The molecule has 0 bridgehead atoms. The number of hydrogen-bond acceptors (Lipinski definition) is 6. The second-order valence-electron chi connectivity index (χ2n) is 10.3. The van der Waals surface area contributed by atoms with E-state index in [2.05, 4.69) is 35.3 Å². The molecule has 0 saturated carbocycles. The van der Waals surface area contributed by atoms with Crippen LogP contribution in [0, 0.1) is 0 Å². The molecule has 2 aromatic rings. The Kier molecular flexibility index (Phi) is 8.19. The van der Waals surface area contributed by atoms with E-state index in [-0.39, 0.29) is 12.2 Å². The number of ether oxygens (including phenoxy) is 2. The van der Waals surface area contributed by atoms with Gasteiger partial charge in [0.15, 0.2) is 0 Å². The summed E-state index contributed by atoms with van der Waals surface area (Å²) >= 11 is 0. The highest BCUT2D eigenvalue weighted by Gasteiger charge is 2.36. The van der Waals surface area contributed by atoms with Gasteiger partial charge in [-0.25, -0.2) is 4.98 Å². The Balaban J connectivity index is 1.12. The van der Waals surface area contributed by atoms with Crippen LogP contribution in [0.3, 0.4) is 0 Å². The van der Waals surface area contributed by atoms with Gasteiger partial charge in [-0.05, 0) is 79.7 Å². The van der Waals surface area contributed by atoms with Crippen LogP contribution in [0.15, 0.2) is 30.3 Å². The minimum absolute atomic E-state index is 0.0872. The summed E-state index contributed by atoms with van der Waals surface area (Å²) < 4.78 is 12.1. The lowest BCUT2D eigenvalue weighted by Gasteiger charge is -2.31. The highest BCUT2D eigenvalue weighted by atomic mass is 16.5. The molecule has 2 N–H and O–H groups in total. The zero-order valence-electron chi connectivity index (χ0n) is 21.4. The second-order valence-corrected chi connectivity index (χ2v) is 10.3. The average molecular weight is 494 g/mol. The van der Waals surface area contributed by atoms with Crippen molar-refractivity contribution in [3.63, 3.8) is 0 Å². The van der Waals surface area contributed by atoms with Gasteiger partial charge in [0.05, 0.1) is 18.8 Å². The fourth-order valence-electron chi connectivity index (χ4n) is 5.83. The molecule has 0 spiro atoms. The first-order valence-electron chi connectivity index (χ1n) is 13.7. The zero-order valence-corrected chi connectivity index (χ0v) is 21.4. The van der Waals surface area contributed by atoms with E-state index in [9.17, 15) is 9.90 Å². The van der Waals surface area contributed by atoms with Crippen molar-refractivity contribution in [3.05, 3.63) is 58.3 Å². The molecule has 7 nitrogen and oxygen atoms in total. The monoisotopic (exact) mass is 493 g/mol. The highest BCUT2D eigenvalue weighted by molar-refractivity contribution is 5.76. The van der Waals surface area contributed by atoms with E-state index < -0.39 is 12.0 Å². The number of carboxylic acids is 1. The number of benzene rings is 1. The number of unbranched alkanes of at least 4 members (excludes halogenated alkanes) is 1. The minimum atomic E-state index is -0.782. The van der Waals surface area contributed by atoms with E-state index in [1.54, 1.807) is 0 Å². The van der Waals surface area contributed by atoms with Crippen LogP contribution in [-0.4, -0.2) is 59.4 Å². The number of anilines is 1. The first-order valence-corrected chi connectivity index (χ1v) is 13.7. The van der Waals surface area contributed by atoms with Crippen molar-refractivity contribution < 1.29 is 19.4 Å². The molecule has 1 aromatic carbocycles. The lowest BCUT2D eigenvalue weighted by atomic mass is 9.89. The highest BCUT2D eigenvalue weighted by Crippen LogP contribution is 2.34. The molecule has 2 unspecified atom stereocenters. The molecular formula is C29H39N3O4. The molecule has 194 valence electrons. The van der Waals surface area contributed by atoms with Crippen molar-refractivity contribution >= 4 is 11.8 Å². The van der Waals surface area contributed by atoms with Gasteiger partial charge in [-0.3, -0.25) is 9.69 Å². The summed E-state index contributed by atoms with van der Waals surface area (Å²) in [5.74, 6) is 0.280. The Morgan fingerprint density at radius 3 is 3.06 bits per heavy atom. The van der Waals surface area contributed by atoms with Crippen molar-refractivity contribution in [1.82, 2.24) is 9.88 Å². The van der Waals surface area contributed by atoms with Crippen LogP contribution in [-0.2, 0) is 40.1 Å². The number of rotatable bonds is 10. The number of aromatic nitrogens is 1. The van der Waals surface area contributed by atoms with Crippen molar-refractivity contribution in [3.8, 4) is 0 Å². The Labute approximate surface area is 214 Å². The van der Waals surface area contributed by atoms with E-state index >= 15 is 0 Å². The summed E-state index contributed by atoms with van der Waals surface area (Å²) in [7, 11) is 0. The normalized spacial score (nSPS) is 22.5. The Morgan fingerprint density at radius 2 is 2.19 bits per heavy atom. The number of aliphatic carboxylic acids is 1. The maximum atomic E-state index is 12.4. The topological polar surface area (TPSA) is 83.9 Å². The Morgan fingerprint density at radius 1 is 1.28 bits per heavy atom. The van der Waals surface area contributed by atoms with Crippen LogP contribution in [0.2, 0.25) is 0 Å². The lowest BCUT2D eigenvalue weighted by Crippen LogP contribution is -2.35. The first-order chi connectivity index (χ1) is 17.6. The molecule has 36 heavy (non-hydrogen) atoms. The molecule has 1 fully saturated rings. The summed E-state index contributed by atoms with van der Waals surface area (Å²) in [6.07, 6.45) is 8.12. The fraction of sp³-hybridized carbons (Fsp3) is 0.586. The zero-order chi connectivity index (χ0) is 24.9. The van der Waals surface area contributed by atoms with Crippen LogP contribution in [0.1, 0.15) is 73.0 Å². The number of likely N-dealkylation sites (tertiary alicyclic amines) is 1.